The summed E-state index contributed by atoms with van der Waals surface area (Å²) in [6, 6.07) is 2.28. The molecule has 0 aromatic carbocycles. The minimum absolute atomic E-state index is 0.701. The van der Waals surface area contributed by atoms with Gasteiger partial charge in [0, 0.05) is 18.1 Å². The third-order valence-electron chi connectivity index (χ3n) is 3.66. The number of rotatable bonds is 2. The number of hydrogen-bond donors (Lipinski definition) is 0. The third kappa shape index (κ3) is 2.07. The molecule has 0 aliphatic carbocycles. The number of likely N-dealkylation sites (tertiary alicyclic amines) is 1. The molecule has 0 aromatic rings. The lowest BCUT2D eigenvalue weighted by Gasteiger charge is -2.34. The van der Waals surface area contributed by atoms with Gasteiger partial charge >= 0.3 is 0 Å². The van der Waals surface area contributed by atoms with Gasteiger partial charge in [-0.1, -0.05) is 20.8 Å². The second-order valence-electron chi connectivity index (χ2n) is 5.31. The summed E-state index contributed by atoms with van der Waals surface area (Å²) in [7, 11) is 0. The molecular formula is C12H25N. The first-order chi connectivity index (χ1) is 5.95. The maximum absolute atomic E-state index is 2.70. The van der Waals surface area contributed by atoms with Crippen molar-refractivity contribution in [3.8, 4) is 0 Å². The van der Waals surface area contributed by atoms with Crippen LogP contribution < -0.4 is 0 Å². The Kier molecular flexibility index (Phi) is 3.39. The Balaban J connectivity index is 2.74. The van der Waals surface area contributed by atoms with E-state index >= 15 is 0 Å². The number of hydrogen-bond acceptors (Lipinski definition) is 1. The van der Waals surface area contributed by atoms with Crippen LogP contribution >= 0.6 is 0 Å². The van der Waals surface area contributed by atoms with Crippen LogP contribution in [-0.4, -0.2) is 23.0 Å². The van der Waals surface area contributed by atoms with E-state index in [1.54, 1.807) is 0 Å². The average molecular weight is 183 g/mol. The Labute approximate surface area is 83.5 Å². The van der Waals surface area contributed by atoms with Gasteiger partial charge in [-0.2, -0.15) is 0 Å². The van der Waals surface area contributed by atoms with Crippen molar-refractivity contribution in [2.45, 2.75) is 66.1 Å². The molecule has 1 saturated heterocycles. The zero-order chi connectivity index (χ0) is 10.2. The molecule has 0 bridgehead atoms. The number of nitrogens with zero attached hydrogens (tertiary/aromatic N) is 1. The van der Waals surface area contributed by atoms with Crippen molar-refractivity contribution in [2.75, 3.05) is 0 Å². The van der Waals surface area contributed by atoms with Crippen LogP contribution in [0.15, 0.2) is 0 Å². The van der Waals surface area contributed by atoms with E-state index < -0.39 is 0 Å². The minimum atomic E-state index is 0.701. The summed E-state index contributed by atoms with van der Waals surface area (Å²) in [6.07, 6.45) is 1.39. The Bertz CT molecular complexity index is 163. The molecule has 0 N–H and O–H groups in total. The molecule has 1 heteroatoms. The highest BCUT2D eigenvalue weighted by Gasteiger charge is 2.38. The Hall–Kier alpha value is -0.0400. The SMILES string of the molecule is CC(C)[C@@H]1C[C@H](C)[C@H](C)N1C(C)C. The molecule has 3 atom stereocenters. The van der Waals surface area contributed by atoms with E-state index in [0.717, 1.165) is 23.9 Å². The topological polar surface area (TPSA) is 3.24 Å². The molecule has 0 spiro atoms. The van der Waals surface area contributed by atoms with Crippen molar-refractivity contribution in [3.05, 3.63) is 0 Å². The average Bonchev–Trinajstić information content (AvgIpc) is 2.28. The van der Waals surface area contributed by atoms with Crippen molar-refractivity contribution in [1.82, 2.24) is 4.90 Å². The molecule has 0 saturated carbocycles. The largest absolute Gasteiger partial charge is 0.295 e. The first kappa shape index (κ1) is 11.0. The van der Waals surface area contributed by atoms with Gasteiger partial charge in [-0.15, -0.1) is 0 Å². The van der Waals surface area contributed by atoms with E-state index in [0.29, 0.717) is 6.04 Å². The van der Waals surface area contributed by atoms with Gasteiger partial charge in [0.15, 0.2) is 0 Å². The summed E-state index contributed by atoms with van der Waals surface area (Å²) in [4.78, 5) is 2.70. The van der Waals surface area contributed by atoms with Crippen LogP contribution in [0.25, 0.3) is 0 Å². The molecule has 1 aliphatic heterocycles. The lowest BCUT2D eigenvalue weighted by Crippen LogP contribution is -2.43. The lowest BCUT2D eigenvalue weighted by molar-refractivity contribution is 0.122. The third-order valence-corrected chi connectivity index (χ3v) is 3.66. The van der Waals surface area contributed by atoms with E-state index in [1.807, 2.05) is 0 Å². The zero-order valence-electron chi connectivity index (χ0n) is 10.0. The predicted octanol–water partition coefficient (Wildman–Crippen LogP) is 3.15. The van der Waals surface area contributed by atoms with Gasteiger partial charge in [0.25, 0.3) is 0 Å². The van der Waals surface area contributed by atoms with Gasteiger partial charge in [-0.3, -0.25) is 4.90 Å². The molecule has 0 radical (unpaired) electrons. The molecule has 1 nitrogen and oxygen atoms in total. The summed E-state index contributed by atoms with van der Waals surface area (Å²) in [5, 5.41) is 0. The van der Waals surface area contributed by atoms with Gasteiger partial charge < -0.3 is 0 Å². The Morgan fingerprint density at radius 3 is 1.92 bits per heavy atom. The highest BCUT2D eigenvalue weighted by atomic mass is 15.2. The molecule has 13 heavy (non-hydrogen) atoms. The summed E-state index contributed by atoms with van der Waals surface area (Å²) in [5.74, 6) is 1.67. The van der Waals surface area contributed by atoms with Crippen molar-refractivity contribution >= 4 is 0 Å². The summed E-state index contributed by atoms with van der Waals surface area (Å²) >= 11 is 0. The van der Waals surface area contributed by atoms with E-state index in [4.69, 9.17) is 0 Å². The van der Waals surface area contributed by atoms with Crippen molar-refractivity contribution in [3.63, 3.8) is 0 Å². The van der Waals surface area contributed by atoms with Crippen molar-refractivity contribution in [2.24, 2.45) is 11.8 Å². The van der Waals surface area contributed by atoms with Gasteiger partial charge in [0.1, 0.15) is 0 Å². The van der Waals surface area contributed by atoms with Crippen LogP contribution in [0.3, 0.4) is 0 Å². The fourth-order valence-corrected chi connectivity index (χ4v) is 2.77. The molecule has 0 unspecified atom stereocenters. The molecule has 0 amide bonds. The van der Waals surface area contributed by atoms with Gasteiger partial charge in [0.05, 0.1) is 0 Å². The monoisotopic (exact) mass is 183 g/mol. The summed E-state index contributed by atoms with van der Waals surface area (Å²) in [6.45, 7) is 14.1. The van der Waals surface area contributed by atoms with Gasteiger partial charge in [0.2, 0.25) is 0 Å². The van der Waals surface area contributed by atoms with Crippen molar-refractivity contribution in [1.29, 1.82) is 0 Å². The van der Waals surface area contributed by atoms with Crippen LogP contribution in [0.4, 0.5) is 0 Å². The standard InChI is InChI=1S/C12H25N/c1-8(2)12-7-10(5)11(6)13(12)9(3)4/h8-12H,7H2,1-6H3/t10-,11-,12-/m0/s1. The Morgan fingerprint density at radius 1 is 1.08 bits per heavy atom. The van der Waals surface area contributed by atoms with Crippen LogP contribution in [0.5, 0.6) is 0 Å². The molecule has 1 rings (SSSR count). The second-order valence-corrected chi connectivity index (χ2v) is 5.31. The van der Waals surface area contributed by atoms with Gasteiger partial charge in [-0.05, 0) is 39.0 Å². The molecule has 1 fully saturated rings. The maximum Gasteiger partial charge on any atom is 0.0127 e. The van der Waals surface area contributed by atoms with E-state index in [2.05, 4.69) is 46.4 Å². The first-order valence-corrected chi connectivity index (χ1v) is 5.72. The molecule has 0 aromatic heterocycles. The second kappa shape index (κ2) is 4.00. The molecule has 1 aliphatic rings. The highest BCUT2D eigenvalue weighted by Crippen LogP contribution is 2.34. The summed E-state index contributed by atoms with van der Waals surface area (Å²) < 4.78 is 0. The quantitative estimate of drug-likeness (QED) is 0.635. The van der Waals surface area contributed by atoms with Crippen LogP contribution in [0, 0.1) is 11.8 Å². The molecular weight excluding hydrogens is 158 g/mol. The fraction of sp³-hybridized carbons (Fsp3) is 1.00. The first-order valence-electron chi connectivity index (χ1n) is 5.72. The normalized spacial score (nSPS) is 36.5. The van der Waals surface area contributed by atoms with Crippen molar-refractivity contribution < 1.29 is 0 Å². The maximum atomic E-state index is 2.70. The zero-order valence-corrected chi connectivity index (χ0v) is 10.0. The smallest absolute Gasteiger partial charge is 0.0127 e. The molecule has 1 heterocycles. The van der Waals surface area contributed by atoms with E-state index in [9.17, 15) is 0 Å². The Morgan fingerprint density at radius 2 is 1.62 bits per heavy atom. The van der Waals surface area contributed by atoms with Crippen LogP contribution in [0.1, 0.15) is 48.0 Å². The predicted molar refractivity (Wildman–Crippen MR) is 58.8 cm³/mol. The summed E-state index contributed by atoms with van der Waals surface area (Å²) in [5.41, 5.74) is 0. The minimum Gasteiger partial charge on any atom is -0.295 e. The molecule has 78 valence electrons. The fourth-order valence-electron chi connectivity index (χ4n) is 2.77. The van der Waals surface area contributed by atoms with Gasteiger partial charge in [-0.25, -0.2) is 0 Å². The van der Waals surface area contributed by atoms with E-state index in [1.165, 1.54) is 6.42 Å². The van der Waals surface area contributed by atoms with Crippen LogP contribution in [0.2, 0.25) is 0 Å². The van der Waals surface area contributed by atoms with Crippen LogP contribution in [-0.2, 0) is 0 Å². The van der Waals surface area contributed by atoms with E-state index in [-0.39, 0.29) is 0 Å². The highest BCUT2D eigenvalue weighted by molar-refractivity contribution is 4.92. The lowest BCUT2D eigenvalue weighted by atomic mass is 9.97.